The number of nitrogen functional groups attached to an aromatic ring is 1. The van der Waals surface area contributed by atoms with Crippen LogP contribution in [0.5, 0.6) is 0 Å². The number of hydrogen-bond acceptors (Lipinski definition) is 4. The summed E-state index contributed by atoms with van der Waals surface area (Å²) in [6.45, 7) is 0.531. The van der Waals surface area contributed by atoms with Crippen LogP contribution in [-0.4, -0.2) is 22.9 Å². The first-order valence-electron chi connectivity index (χ1n) is 5.16. The molecular formula is C12H13N3O2. The molecule has 0 amide bonds. The molecule has 5 heteroatoms. The lowest BCUT2D eigenvalue weighted by molar-refractivity contribution is 0.0602. The summed E-state index contributed by atoms with van der Waals surface area (Å²) >= 11 is 0. The first-order valence-corrected chi connectivity index (χ1v) is 5.16. The topological polar surface area (TPSA) is 70.1 Å². The van der Waals surface area contributed by atoms with Crippen molar-refractivity contribution in [3.63, 3.8) is 0 Å². The third kappa shape index (κ3) is 2.28. The number of carbonyl (C=O) groups is 1. The molecule has 0 saturated carbocycles. The predicted molar refractivity (Wildman–Crippen MR) is 63.5 cm³/mol. The Morgan fingerprint density at radius 3 is 2.76 bits per heavy atom. The van der Waals surface area contributed by atoms with Gasteiger partial charge in [-0.15, -0.1) is 0 Å². The van der Waals surface area contributed by atoms with Crippen LogP contribution in [0.1, 0.15) is 15.9 Å². The zero-order valence-corrected chi connectivity index (χ0v) is 9.46. The van der Waals surface area contributed by atoms with E-state index in [1.165, 1.54) is 13.3 Å². The van der Waals surface area contributed by atoms with Crippen LogP contribution in [0.3, 0.4) is 0 Å². The number of nitrogens with two attached hydrogens (primary N) is 1. The van der Waals surface area contributed by atoms with Crippen molar-refractivity contribution in [1.82, 2.24) is 9.78 Å². The third-order valence-electron chi connectivity index (χ3n) is 2.46. The average Bonchev–Trinajstić information content (AvgIpc) is 2.72. The Balaban J connectivity index is 2.24. The van der Waals surface area contributed by atoms with Crippen LogP contribution in [0, 0.1) is 0 Å². The maximum atomic E-state index is 11.3. The normalized spacial score (nSPS) is 10.2. The van der Waals surface area contributed by atoms with Gasteiger partial charge in [-0.05, 0) is 5.56 Å². The Labute approximate surface area is 98.8 Å². The molecule has 0 atom stereocenters. The lowest BCUT2D eigenvalue weighted by Gasteiger charge is -2.04. The molecule has 5 nitrogen and oxygen atoms in total. The fourth-order valence-corrected chi connectivity index (χ4v) is 1.54. The molecule has 1 aromatic carbocycles. The second-order valence-electron chi connectivity index (χ2n) is 3.58. The Bertz CT molecular complexity index is 520. The predicted octanol–water partition coefficient (Wildman–Crippen LogP) is 1.30. The van der Waals surface area contributed by atoms with Gasteiger partial charge >= 0.3 is 5.97 Å². The van der Waals surface area contributed by atoms with Gasteiger partial charge in [-0.25, -0.2) is 9.48 Å². The van der Waals surface area contributed by atoms with Crippen molar-refractivity contribution in [3.05, 3.63) is 47.7 Å². The molecule has 0 fully saturated rings. The smallest absolute Gasteiger partial charge is 0.343 e. The van der Waals surface area contributed by atoms with E-state index in [0.717, 1.165) is 5.56 Å². The Hall–Kier alpha value is -2.30. The number of benzene rings is 1. The van der Waals surface area contributed by atoms with E-state index >= 15 is 0 Å². The molecule has 0 aliphatic rings. The standard InChI is InChI=1S/C12H13N3O2/c1-17-12(16)10-7-14-15(11(10)13)8-9-5-3-2-4-6-9/h2-7H,8,13H2,1H3. The highest BCUT2D eigenvalue weighted by molar-refractivity contribution is 5.93. The van der Waals surface area contributed by atoms with E-state index in [4.69, 9.17) is 5.73 Å². The number of nitrogens with zero attached hydrogens (tertiary/aromatic N) is 2. The van der Waals surface area contributed by atoms with E-state index in [-0.39, 0.29) is 0 Å². The van der Waals surface area contributed by atoms with Crippen LogP contribution in [0.2, 0.25) is 0 Å². The van der Waals surface area contributed by atoms with Gasteiger partial charge in [0.2, 0.25) is 0 Å². The largest absolute Gasteiger partial charge is 0.465 e. The van der Waals surface area contributed by atoms with Crippen molar-refractivity contribution in [2.75, 3.05) is 12.8 Å². The summed E-state index contributed by atoms with van der Waals surface area (Å²) in [5.41, 5.74) is 7.19. The molecule has 0 unspecified atom stereocenters. The van der Waals surface area contributed by atoms with Crippen LogP contribution in [0.4, 0.5) is 5.82 Å². The second kappa shape index (κ2) is 4.69. The summed E-state index contributed by atoms with van der Waals surface area (Å²) in [5.74, 6) is -0.150. The van der Waals surface area contributed by atoms with Crippen LogP contribution >= 0.6 is 0 Å². The van der Waals surface area contributed by atoms with Gasteiger partial charge in [0.25, 0.3) is 0 Å². The molecular weight excluding hydrogens is 218 g/mol. The van der Waals surface area contributed by atoms with Gasteiger partial charge in [0.15, 0.2) is 0 Å². The number of ether oxygens (including phenoxy) is 1. The number of aromatic nitrogens is 2. The molecule has 2 N–H and O–H groups in total. The first kappa shape index (κ1) is 11.2. The molecule has 0 spiro atoms. The average molecular weight is 231 g/mol. The lowest BCUT2D eigenvalue weighted by atomic mass is 10.2. The minimum atomic E-state index is -0.471. The number of rotatable bonds is 3. The Morgan fingerprint density at radius 2 is 2.12 bits per heavy atom. The molecule has 88 valence electrons. The molecule has 1 aromatic heterocycles. The number of carbonyl (C=O) groups excluding carboxylic acids is 1. The van der Waals surface area contributed by atoms with Gasteiger partial charge in [0.05, 0.1) is 19.9 Å². The summed E-state index contributed by atoms with van der Waals surface area (Å²) in [6, 6.07) is 9.76. The maximum Gasteiger partial charge on any atom is 0.343 e. The van der Waals surface area contributed by atoms with Gasteiger partial charge in [-0.1, -0.05) is 30.3 Å². The third-order valence-corrected chi connectivity index (χ3v) is 2.46. The van der Waals surface area contributed by atoms with Crippen LogP contribution < -0.4 is 5.73 Å². The molecule has 2 rings (SSSR count). The molecule has 2 aromatic rings. The summed E-state index contributed by atoms with van der Waals surface area (Å²) < 4.78 is 6.18. The second-order valence-corrected chi connectivity index (χ2v) is 3.58. The van der Waals surface area contributed by atoms with E-state index in [0.29, 0.717) is 17.9 Å². The molecule has 0 aliphatic carbocycles. The van der Waals surface area contributed by atoms with Gasteiger partial charge in [-0.2, -0.15) is 5.10 Å². The van der Waals surface area contributed by atoms with Crippen molar-refractivity contribution < 1.29 is 9.53 Å². The minimum absolute atomic E-state index is 0.295. The minimum Gasteiger partial charge on any atom is -0.465 e. The highest BCUT2D eigenvalue weighted by Crippen LogP contribution is 2.13. The van der Waals surface area contributed by atoms with Crippen LogP contribution in [-0.2, 0) is 11.3 Å². The zero-order valence-electron chi connectivity index (χ0n) is 9.46. The summed E-state index contributed by atoms with van der Waals surface area (Å²) in [5, 5.41) is 4.07. The maximum absolute atomic E-state index is 11.3. The van der Waals surface area contributed by atoms with E-state index in [9.17, 15) is 4.79 Å². The van der Waals surface area contributed by atoms with E-state index in [1.807, 2.05) is 30.3 Å². The number of anilines is 1. The van der Waals surface area contributed by atoms with Crippen LogP contribution in [0.25, 0.3) is 0 Å². The fraction of sp³-hybridized carbons (Fsp3) is 0.167. The molecule has 0 aliphatic heterocycles. The number of methoxy groups -OCH3 is 1. The quantitative estimate of drug-likeness (QED) is 0.808. The highest BCUT2D eigenvalue weighted by Gasteiger charge is 2.15. The van der Waals surface area contributed by atoms with Crippen molar-refractivity contribution in [2.24, 2.45) is 0 Å². The number of esters is 1. The molecule has 0 saturated heterocycles. The monoisotopic (exact) mass is 231 g/mol. The molecule has 1 heterocycles. The van der Waals surface area contributed by atoms with Crippen molar-refractivity contribution >= 4 is 11.8 Å². The van der Waals surface area contributed by atoms with Gasteiger partial charge < -0.3 is 10.5 Å². The SMILES string of the molecule is COC(=O)c1cnn(Cc2ccccc2)c1N. The van der Waals surface area contributed by atoms with Crippen molar-refractivity contribution in [2.45, 2.75) is 6.54 Å². The van der Waals surface area contributed by atoms with Gasteiger partial charge in [-0.3, -0.25) is 0 Å². The van der Waals surface area contributed by atoms with Gasteiger partial charge in [0.1, 0.15) is 11.4 Å². The van der Waals surface area contributed by atoms with E-state index in [2.05, 4.69) is 9.84 Å². The van der Waals surface area contributed by atoms with E-state index in [1.54, 1.807) is 4.68 Å². The molecule has 17 heavy (non-hydrogen) atoms. The van der Waals surface area contributed by atoms with Crippen molar-refractivity contribution in [3.8, 4) is 0 Å². The van der Waals surface area contributed by atoms with E-state index < -0.39 is 5.97 Å². The molecule has 0 radical (unpaired) electrons. The fourth-order valence-electron chi connectivity index (χ4n) is 1.54. The van der Waals surface area contributed by atoms with Gasteiger partial charge in [0, 0.05) is 0 Å². The Morgan fingerprint density at radius 1 is 1.41 bits per heavy atom. The summed E-state index contributed by atoms with van der Waals surface area (Å²) in [7, 11) is 1.32. The van der Waals surface area contributed by atoms with Crippen LogP contribution in [0.15, 0.2) is 36.5 Å². The highest BCUT2D eigenvalue weighted by atomic mass is 16.5. The van der Waals surface area contributed by atoms with Crippen molar-refractivity contribution in [1.29, 1.82) is 0 Å². The zero-order chi connectivity index (χ0) is 12.3. The molecule has 0 bridgehead atoms. The Kier molecular flexibility index (Phi) is 3.09. The summed E-state index contributed by atoms with van der Waals surface area (Å²) in [4.78, 5) is 11.3. The lowest BCUT2D eigenvalue weighted by Crippen LogP contribution is -2.09. The first-order chi connectivity index (χ1) is 8.22. The summed E-state index contributed by atoms with van der Waals surface area (Å²) in [6.07, 6.45) is 1.42. The number of hydrogen-bond donors (Lipinski definition) is 1.